The fraction of sp³-hybridized carbons (Fsp3) is 0.286. The molecular formula is C21H19F3N4OS. The van der Waals surface area contributed by atoms with Gasteiger partial charge in [0.25, 0.3) is 5.91 Å². The zero-order valence-corrected chi connectivity index (χ0v) is 16.9. The van der Waals surface area contributed by atoms with Crippen molar-refractivity contribution in [2.24, 2.45) is 0 Å². The molecule has 1 amide bonds. The van der Waals surface area contributed by atoms with Crippen molar-refractivity contribution in [1.82, 2.24) is 20.1 Å². The SMILES string of the molecule is Cc1nnc(SCc2ccc(C(=O)NC3CC3)cc2)n1-c1cccc(C(F)(F)F)c1. The van der Waals surface area contributed by atoms with Crippen molar-refractivity contribution in [3.8, 4) is 5.69 Å². The van der Waals surface area contributed by atoms with E-state index in [-0.39, 0.29) is 5.91 Å². The summed E-state index contributed by atoms with van der Waals surface area (Å²) in [5.74, 6) is 0.974. The van der Waals surface area contributed by atoms with Crippen LogP contribution < -0.4 is 5.32 Å². The number of carbonyl (C=O) groups excluding carboxylic acids is 1. The number of carbonyl (C=O) groups is 1. The fourth-order valence-corrected chi connectivity index (χ4v) is 3.91. The molecule has 1 aliphatic carbocycles. The number of halogens is 3. The van der Waals surface area contributed by atoms with Crippen LogP contribution in [0, 0.1) is 6.92 Å². The maximum Gasteiger partial charge on any atom is 0.416 e. The Morgan fingerprint density at radius 2 is 1.90 bits per heavy atom. The third kappa shape index (κ3) is 4.67. The molecule has 9 heteroatoms. The molecule has 0 aliphatic heterocycles. The number of alkyl halides is 3. The van der Waals surface area contributed by atoms with Gasteiger partial charge < -0.3 is 5.32 Å². The van der Waals surface area contributed by atoms with E-state index in [1.807, 2.05) is 12.1 Å². The molecule has 0 radical (unpaired) electrons. The molecule has 2 aromatic carbocycles. The van der Waals surface area contributed by atoms with E-state index in [1.54, 1.807) is 29.7 Å². The van der Waals surface area contributed by atoms with Gasteiger partial charge in [0, 0.05) is 23.0 Å². The number of nitrogens with zero attached hydrogens (tertiary/aromatic N) is 3. The first-order valence-corrected chi connectivity index (χ1v) is 10.4. The van der Waals surface area contributed by atoms with Crippen LogP contribution in [0.1, 0.15) is 40.2 Å². The summed E-state index contributed by atoms with van der Waals surface area (Å²) < 4.78 is 40.8. The standard InChI is InChI=1S/C21H19F3N4OS/c1-13-26-27-20(28(13)18-4-2-3-16(11-18)21(22,23)24)30-12-14-5-7-15(8-6-14)19(29)25-17-9-10-17/h2-8,11,17H,9-10,12H2,1H3,(H,25,29). The quantitative estimate of drug-likeness (QED) is 0.570. The lowest BCUT2D eigenvalue weighted by atomic mass is 10.1. The van der Waals surface area contributed by atoms with E-state index in [9.17, 15) is 18.0 Å². The zero-order valence-electron chi connectivity index (χ0n) is 16.1. The van der Waals surface area contributed by atoms with Crippen LogP contribution in [0.4, 0.5) is 13.2 Å². The van der Waals surface area contributed by atoms with Gasteiger partial charge in [-0.15, -0.1) is 10.2 Å². The summed E-state index contributed by atoms with van der Waals surface area (Å²) in [7, 11) is 0. The molecule has 1 fully saturated rings. The lowest BCUT2D eigenvalue weighted by molar-refractivity contribution is -0.137. The summed E-state index contributed by atoms with van der Waals surface area (Å²) in [6, 6.07) is 12.7. The Labute approximate surface area is 175 Å². The molecule has 1 aromatic heterocycles. The lowest BCUT2D eigenvalue weighted by Gasteiger charge is -2.12. The molecule has 0 atom stereocenters. The van der Waals surface area contributed by atoms with Crippen LogP contribution >= 0.6 is 11.8 Å². The minimum Gasteiger partial charge on any atom is -0.349 e. The van der Waals surface area contributed by atoms with Gasteiger partial charge in [-0.2, -0.15) is 13.2 Å². The molecule has 0 bridgehead atoms. The van der Waals surface area contributed by atoms with Crippen molar-refractivity contribution in [2.45, 2.75) is 42.9 Å². The summed E-state index contributed by atoms with van der Waals surface area (Å²) in [5.41, 5.74) is 1.23. The molecule has 1 heterocycles. The third-order valence-corrected chi connectivity index (χ3v) is 5.72. The average molecular weight is 432 g/mol. The number of aryl methyl sites for hydroxylation is 1. The molecule has 156 valence electrons. The van der Waals surface area contributed by atoms with Crippen molar-refractivity contribution in [1.29, 1.82) is 0 Å². The minimum atomic E-state index is -4.42. The predicted octanol–water partition coefficient (Wildman–Crippen LogP) is 4.78. The van der Waals surface area contributed by atoms with Gasteiger partial charge in [-0.3, -0.25) is 9.36 Å². The van der Waals surface area contributed by atoms with Gasteiger partial charge in [-0.05, 0) is 55.7 Å². The minimum absolute atomic E-state index is 0.0726. The number of aromatic nitrogens is 3. The Morgan fingerprint density at radius 1 is 1.17 bits per heavy atom. The zero-order chi connectivity index (χ0) is 21.3. The molecule has 0 unspecified atom stereocenters. The molecule has 5 nitrogen and oxygen atoms in total. The summed E-state index contributed by atoms with van der Waals surface area (Å²) in [6.45, 7) is 1.70. The second kappa shape index (κ2) is 8.14. The van der Waals surface area contributed by atoms with E-state index in [1.165, 1.54) is 17.8 Å². The largest absolute Gasteiger partial charge is 0.416 e. The summed E-state index contributed by atoms with van der Waals surface area (Å²) >= 11 is 1.37. The van der Waals surface area contributed by atoms with Crippen LogP contribution in [0.3, 0.4) is 0 Å². The second-order valence-corrected chi connectivity index (χ2v) is 8.09. The van der Waals surface area contributed by atoms with E-state index < -0.39 is 11.7 Å². The first-order valence-electron chi connectivity index (χ1n) is 9.43. The highest BCUT2D eigenvalue weighted by Gasteiger charge is 2.31. The van der Waals surface area contributed by atoms with Crippen molar-refractivity contribution < 1.29 is 18.0 Å². The molecule has 4 rings (SSSR count). The Balaban J connectivity index is 1.48. The molecule has 0 saturated heterocycles. The van der Waals surface area contributed by atoms with Gasteiger partial charge in [0.15, 0.2) is 5.16 Å². The van der Waals surface area contributed by atoms with Gasteiger partial charge in [0.2, 0.25) is 0 Å². The van der Waals surface area contributed by atoms with Crippen LogP contribution in [0.2, 0.25) is 0 Å². The van der Waals surface area contributed by atoms with Crippen molar-refractivity contribution in [2.75, 3.05) is 0 Å². The Hall–Kier alpha value is -2.81. The summed E-state index contributed by atoms with van der Waals surface area (Å²) in [6.07, 6.45) is -2.35. The van der Waals surface area contributed by atoms with Gasteiger partial charge in [0.1, 0.15) is 5.82 Å². The summed E-state index contributed by atoms with van der Waals surface area (Å²) in [4.78, 5) is 12.1. The Bertz CT molecular complexity index is 1060. The normalized spacial score (nSPS) is 14.0. The third-order valence-electron chi connectivity index (χ3n) is 4.72. The van der Waals surface area contributed by atoms with Gasteiger partial charge in [0.05, 0.1) is 5.56 Å². The van der Waals surface area contributed by atoms with E-state index in [0.717, 1.165) is 30.5 Å². The number of benzene rings is 2. The molecule has 1 aliphatic rings. The van der Waals surface area contributed by atoms with Gasteiger partial charge in [-0.1, -0.05) is 30.0 Å². The van der Waals surface area contributed by atoms with Crippen LogP contribution in [-0.2, 0) is 11.9 Å². The molecular weight excluding hydrogens is 413 g/mol. The average Bonchev–Trinajstić information content (AvgIpc) is 3.46. The highest BCUT2D eigenvalue weighted by Crippen LogP contribution is 2.32. The number of rotatable bonds is 6. The number of amides is 1. The topological polar surface area (TPSA) is 59.8 Å². The van der Waals surface area contributed by atoms with Gasteiger partial charge in [-0.25, -0.2) is 0 Å². The monoisotopic (exact) mass is 432 g/mol. The first-order chi connectivity index (χ1) is 14.3. The summed E-state index contributed by atoms with van der Waals surface area (Å²) in [5, 5.41) is 11.6. The number of hydrogen-bond donors (Lipinski definition) is 1. The molecule has 0 spiro atoms. The highest BCUT2D eigenvalue weighted by molar-refractivity contribution is 7.98. The van der Waals surface area contributed by atoms with Crippen LogP contribution in [0.5, 0.6) is 0 Å². The maximum absolute atomic E-state index is 13.1. The number of hydrogen-bond acceptors (Lipinski definition) is 4. The molecule has 1 N–H and O–H groups in total. The van der Waals surface area contributed by atoms with Crippen molar-refractivity contribution >= 4 is 17.7 Å². The first kappa shape index (κ1) is 20.5. The van der Waals surface area contributed by atoms with Crippen LogP contribution in [0.25, 0.3) is 5.69 Å². The highest BCUT2D eigenvalue weighted by atomic mass is 32.2. The molecule has 30 heavy (non-hydrogen) atoms. The maximum atomic E-state index is 13.1. The second-order valence-electron chi connectivity index (χ2n) is 7.15. The van der Waals surface area contributed by atoms with E-state index >= 15 is 0 Å². The molecule has 1 saturated carbocycles. The number of thioether (sulfide) groups is 1. The van der Waals surface area contributed by atoms with E-state index in [4.69, 9.17) is 0 Å². The van der Waals surface area contributed by atoms with Crippen molar-refractivity contribution in [3.05, 3.63) is 71.0 Å². The Morgan fingerprint density at radius 3 is 2.57 bits per heavy atom. The number of nitrogens with one attached hydrogen (secondary N) is 1. The predicted molar refractivity (Wildman–Crippen MR) is 108 cm³/mol. The van der Waals surface area contributed by atoms with Crippen LogP contribution in [0.15, 0.2) is 53.7 Å². The lowest BCUT2D eigenvalue weighted by Crippen LogP contribution is -2.25. The van der Waals surface area contributed by atoms with Gasteiger partial charge >= 0.3 is 6.18 Å². The van der Waals surface area contributed by atoms with Crippen molar-refractivity contribution in [3.63, 3.8) is 0 Å². The molecule has 3 aromatic rings. The van der Waals surface area contributed by atoms with E-state index in [2.05, 4.69) is 15.5 Å². The fourth-order valence-electron chi connectivity index (χ4n) is 2.95. The van der Waals surface area contributed by atoms with Crippen LogP contribution in [-0.4, -0.2) is 26.7 Å². The Kier molecular flexibility index (Phi) is 5.55. The smallest absolute Gasteiger partial charge is 0.349 e. The van der Waals surface area contributed by atoms with E-state index in [0.29, 0.717) is 34.0 Å².